The Balaban J connectivity index is 1.07. The van der Waals surface area contributed by atoms with Crippen LogP contribution < -0.4 is 0 Å². The van der Waals surface area contributed by atoms with Gasteiger partial charge in [0.25, 0.3) is 0 Å². The topological polar surface area (TPSA) is 51.8 Å². The molecule has 0 radical (unpaired) electrons. The van der Waals surface area contributed by atoms with Crippen molar-refractivity contribution in [3.05, 3.63) is 200 Å². The highest BCUT2D eigenvalue weighted by atomic mass is 16.3. The highest BCUT2D eigenvalue weighted by Crippen LogP contribution is 2.41. The van der Waals surface area contributed by atoms with Gasteiger partial charge < -0.3 is 4.42 Å². The first-order valence-electron chi connectivity index (χ1n) is 18.4. The van der Waals surface area contributed by atoms with E-state index in [0.717, 1.165) is 60.9 Å². The van der Waals surface area contributed by atoms with Crippen molar-refractivity contribution in [1.29, 1.82) is 0 Å². The third-order valence-corrected chi connectivity index (χ3v) is 10.2. The van der Waals surface area contributed by atoms with E-state index in [0.29, 0.717) is 17.5 Å². The highest BCUT2D eigenvalue weighted by molar-refractivity contribution is 6.14. The van der Waals surface area contributed by atoms with E-state index in [2.05, 4.69) is 158 Å². The van der Waals surface area contributed by atoms with Gasteiger partial charge in [-0.15, -0.1) is 0 Å². The Hall–Kier alpha value is -7.43. The molecule has 0 aliphatic heterocycles. The van der Waals surface area contributed by atoms with Gasteiger partial charge in [0.05, 0.1) is 0 Å². The molecule has 0 spiro atoms. The predicted molar refractivity (Wildman–Crippen MR) is 225 cm³/mol. The molecule has 4 nitrogen and oxygen atoms in total. The lowest BCUT2D eigenvalue weighted by atomic mass is 9.92. The Bertz CT molecular complexity index is 2950. The Kier molecular flexibility index (Phi) is 8.12. The smallest absolute Gasteiger partial charge is 0.164 e. The molecule has 0 aliphatic rings. The summed E-state index contributed by atoms with van der Waals surface area (Å²) in [4.78, 5) is 15.1. The van der Waals surface area contributed by atoms with E-state index in [9.17, 15) is 0 Å². The molecule has 10 aromatic rings. The summed E-state index contributed by atoms with van der Waals surface area (Å²) in [6, 6.07) is 69.3. The lowest BCUT2D eigenvalue weighted by Gasteiger charge is -2.11. The molecule has 10 rings (SSSR count). The number of rotatable bonds is 7. The third kappa shape index (κ3) is 6.16. The lowest BCUT2D eigenvalue weighted by Crippen LogP contribution is -2.00. The van der Waals surface area contributed by atoms with Gasteiger partial charge in [0.1, 0.15) is 11.2 Å². The second kappa shape index (κ2) is 13.8. The van der Waals surface area contributed by atoms with Crippen LogP contribution in [-0.2, 0) is 0 Å². The molecule has 0 N–H and O–H groups in total. The van der Waals surface area contributed by atoms with Crippen molar-refractivity contribution in [2.24, 2.45) is 0 Å². The minimum atomic E-state index is 0.582. The fraction of sp³-hybridized carbons (Fsp3) is 0. The molecule has 4 heteroatoms. The summed E-state index contributed by atoms with van der Waals surface area (Å²) < 4.78 is 6.58. The van der Waals surface area contributed by atoms with E-state index >= 15 is 0 Å². The number of hydrogen-bond acceptors (Lipinski definition) is 4. The summed E-state index contributed by atoms with van der Waals surface area (Å²) >= 11 is 0. The molecule has 0 atom stereocenters. The average Bonchev–Trinajstić information content (AvgIpc) is 3.66. The van der Waals surface area contributed by atoms with Gasteiger partial charge in [0.2, 0.25) is 0 Å². The molecule has 0 aliphatic carbocycles. The lowest BCUT2D eigenvalue weighted by molar-refractivity contribution is 0.669. The van der Waals surface area contributed by atoms with E-state index in [4.69, 9.17) is 19.4 Å². The van der Waals surface area contributed by atoms with Crippen molar-refractivity contribution in [2.75, 3.05) is 0 Å². The zero-order chi connectivity index (χ0) is 36.6. The van der Waals surface area contributed by atoms with Gasteiger partial charge in [-0.3, -0.25) is 0 Å². The molecular weight excluding hydrogens is 671 g/mol. The summed E-state index contributed by atoms with van der Waals surface area (Å²) in [6.45, 7) is 0. The Morgan fingerprint density at radius 2 is 0.727 bits per heavy atom. The number of furan rings is 1. The zero-order valence-corrected chi connectivity index (χ0v) is 29.8. The van der Waals surface area contributed by atoms with Crippen LogP contribution in [0.4, 0.5) is 0 Å². The van der Waals surface area contributed by atoms with Crippen LogP contribution in [0.15, 0.2) is 205 Å². The van der Waals surface area contributed by atoms with Gasteiger partial charge in [-0.2, -0.15) is 0 Å². The molecule has 55 heavy (non-hydrogen) atoms. The molecule has 2 heterocycles. The van der Waals surface area contributed by atoms with Crippen molar-refractivity contribution in [3.8, 4) is 78.7 Å². The minimum absolute atomic E-state index is 0.582. The first-order valence-corrected chi connectivity index (χ1v) is 18.4. The summed E-state index contributed by atoms with van der Waals surface area (Å²) in [5.74, 6) is 1.80. The molecule has 258 valence electrons. The largest absolute Gasteiger partial charge is 0.456 e. The van der Waals surface area contributed by atoms with Crippen LogP contribution in [0, 0.1) is 0 Å². The van der Waals surface area contributed by atoms with Crippen LogP contribution >= 0.6 is 0 Å². The first kappa shape index (κ1) is 32.2. The Morgan fingerprint density at radius 3 is 1.42 bits per heavy atom. The Labute approximate surface area is 319 Å². The third-order valence-electron chi connectivity index (χ3n) is 10.2. The molecule has 0 unspecified atom stereocenters. The quantitative estimate of drug-likeness (QED) is 0.166. The molecule has 0 saturated heterocycles. The van der Waals surface area contributed by atoms with Gasteiger partial charge in [-0.05, 0) is 68.8 Å². The summed E-state index contributed by atoms with van der Waals surface area (Å²) in [5.41, 5.74) is 13.6. The normalized spacial score (nSPS) is 11.3. The van der Waals surface area contributed by atoms with Crippen LogP contribution in [0.5, 0.6) is 0 Å². The molecular formula is C51H33N3O. The van der Waals surface area contributed by atoms with Crippen molar-refractivity contribution >= 4 is 21.9 Å². The summed E-state index contributed by atoms with van der Waals surface area (Å²) in [7, 11) is 0. The van der Waals surface area contributed by atoms with E-state index in [1.54, 1.807) is 0 Å². The number of nitrogens with zero attached hydrogens (tertiary/aromatic N) is 3. The van der Waals surface area contributed by atoms with Crippen molar-refractivity contribution < 1.29 is 4.42 Å². The van der Waals surface area contributed by atoms with Crippen LogP contribution in [0.3, 0.4) is 0 Å². The van der Waals surface area contributed by atoms with Gasteiger partial charge >= 0.3 is 0 Å². The number of fused-ring (bicyclic) bond motifs is 3. The maximum Gasteiger partial charge on any atom is 0.164 e. The number of benzene rings is 8. The molecule has 0 amide bonds. The van der Waals surface area contributed by atoms with Crippen LogP contribution in [-0.4, -0.2) is 15.0 Å². The first-order chi connectivity index (χ1) is 27.2. The highest BCUT2D eigenvalue weighted by Gasteiger charge is 2.18. The monoisotopic (exact) mass is 703 g/mol. The average molecular weight is 704 g/mol. The molecule has 8 aromatic carbocycles. The van der Waals surface area contributed by atoms with Crippen LogP contribution in [0.25, 0.3) is 101 Å². The standard InChI is InChI=1S/C51H33N3O/c1-4-14-34(15-5-1)35-26-28-36(29-27-35)39-20-12-21-40(32-39)50-52-49(38-18-8-3-9-19-38)53-51(54-50)41-30-31-45-47(33-41)55-46-25-13-24-44(48(45)46)43-23-11-10-22-42(43)37-16-6-2-7-17-37/h1-33H. The number of hydrogen-bond donors (Lipinski definition) is 0. The van der Waals surface area contributed by atoms with E-state index < -0.39 is 0 Å². The van der Waals surface area contributed by atoms with Crippen LogP contribution in [0.2, 0.25) is 0 Å². The molecule has 2 aromatic heterocycles. The fourth-order valence-corrected chi connectivity index (χ4v) is 7.45. The van der Waals surface area contributed by atoms with Crippen molar-refractivity contribution in [1.82, 2.24) is 15.0 Å². The summed E-state index contributed by atoms with van der Waals surface area (Å²) in [6.07, 6.45) is 0. The van der Waals surface area contributed by atoms with Crippen molar-refractivity contribution in [2.45, 2.75) is 0 Å². The SMILES string of the molecule is c1ccc(-c2ccc(-c3cccc(-c4nc(-c5ccccc5)nc(-c5ccc6c(c5)oc5cccc(-c7ccccc7-c7ccccc7)c56)n4)c3)cc2)cc1. The molecule has 0 fully saturated rings. The van der Waals surface area contributed by atoms with Gasteiger partial charge in [0, 0.05) is 27.5 Å². The van der Waals surface area contributed by atoms with Gasteiger partial charge in [0.15, 0.2) is 17.5 Å². The molecule has 0 saturated carbocycles. The number of aromatic nitrogens is 3. The van der Waals surface area contributed by atoms with E-state index in [-0.39, 0.29) is 0 Å². The fourth-order valence-electron chi connectivity index (χ4n) is 7.45. The maximum absolute atomic E-state index is 6.58. The Morgan fingerprint density at radius 1 is 0.273 bits per heavy atom. The van der Waals surface area contributed by atoms with E-state index in [1.165, 1.54) is 22.3 Å². The second-order valence-corrected chi connectivity index (χ2v) is 13.6. The minimum Gasteiger partial charge on any atom is -0.456 e. The van der Waals surface area contributed by atoms with Crippen molar-refractivity contribution in [3.63, 3.8) is 0 Å². The van der Waals surface area contributed by atoms with E-state index in [1.807, 2.05) is 42.5 Å². The van der Waals surface area contributed by atoms with Gasteiger partial charge in [-0.25, -0.2) is 15.0 Å². The zero-order valence-electron chi connectivity index (χ0n) is 29.8. The maximum atomic E-state index is 6.58. The predicted octanol–water partition coefficient (Wildman–Crippen LogP) is 13.4. The van der Waals surface area contributed by atoms with Gasteiger partial charge in [-0.1, -0.05) is 176 Å². The van der Waals surface area contributed by atoms with Crippen LogP contribution in [0.1, 0.15) is 0 Å². The second-order valence-electron chi connectivity index (χ2n) is 13.6. The summed E-state index contributed by atoms with van der Waals surface area (Å²) in [5, 5.41) is 2.13. The molecule has 0 bridgehead atoms.